The number of hydrogen-bond acceptors (Lipinski definition) is 9. The van der Waals surface area contributed by atoms with Gasteiger partial charge >= 0.3 is 11.9 Å². The van der Waals surface area contributed by atoms with E-state index in [-0.39, 0.29) is 55.9 Å². The van der Waals surface area contributed by atoms with E-state index in [2.05, 4.69) is 89.0 Å². The van der Waals surface area contributed by atoms with Crippen molar-refractivity contribution in [1.29, 1.82) is 5.26 Å². The number of carbonyl (C=O) groups excluding carboxylic acids is 2. The number of aromatic nitrogens is 4. The number of nitriles is 1. The largest absolute Gasteiger partial charge is 0.462 e. The number of ether oxygens (including phenoxy) is 2. The summed E-state index contributed by atoms with van der Waals surface area (Å²) in [5, 5.41) is 34.8. The van der Waals surface area contributed by atoms with Gasteiger partial charge in [-0.15, -0.1) is 10.2 Å². The third kappa shape index (κ3) is 9.20. The van der Waals surface area contributed by atoms with Gasteiger partial charge in [-0.3, -0.25) is 9.59 Å². The highest BCUT2D eigenvalue weighted by Gasteiger charge is 2.68. The van der Waals surface area contributed by atoms with Crippen molar-refractivity contribution >= 4 is 11.9 Å². The maximum absolute atomic E-state index is 12.4. The Bertz CT molecular complexity index is 1870. The van der Waals surface area contributed by atoms with E-state index in [9.17, 15) is 20.0 Å². The molecule has 0 saturated heterocycles. The Balaban J connectivity index is 0.000000216. The molecule has 8 aliphatic rings. The average molecular weight is 932 g/mol. The summed E-state index contributed by atoms with van der Waals surface area (Å²) >= 11 is 0. The molecule has 67 heavy (non-hydrogen) atoms. The molecule has 0 unspecified atom stereocenters. The zero-order chi connectivity index (χ0) is 46.8. The van der Waals surface area contributed by atoms with Crippen LogP contribution in [-0.4, -0.2) is 56.0 Å². The molecular weight excluding hydrogens is 835 g/mol. The minimum Gasteiger partial charge on any atom is -0.462 e. The van der Waals surface area contributed by atoms with Gasteiger partial charge in [0.05, 0.1) is 12.2 Å². The van der Waals surface area contributed by atoms with Crippen LogP contribution in [0.25, 0.3) is 0 Å². The molecule has 1 heterocycles. The Morgan fingerprint density at radius 3 is 1.63 bits per heavy atom. The van der Waals surface area contributed by atoms with E-state index in [4.69, 9.17) is 9.47 Å². The molecule has 0 spiro atoms. The summed E-state index contributed by atoms with van der Waals surface area (Å²) in [6, 6.07) is 2.44. The van der Waals surface area contributed by atoms with Crippen LogP contribution in [0.5, 0.6) is 0 Å². The van der Waals surface area contributed by atoms with Gasteiger partial charge in [-0.2, -0.15) is 10.5 Å². The minimum atomic E-state index is -0.211. The van der Waals surface area contributed by atoms with Gasteiger partial charge in [0.2, 0.25) is 0 Å². The number of H-pyrrole nitrogens is 1. The van der Waals surface area contributed by atoms with Gasteiger partial charge in [0.15, 0.2) is 5.82 Å². The summed E-state index contributed by atoms with van der Waals surface area (Å²) in [6.07, 6.45) is 20.4. The fraction of sp³-hybridized carbons (Fsp3) is 0.930. The number of esters is 2. The lowest BCUT2D eigenvalue weighted by atomic mass is 9.41. The van der Waals surface area contributed by atoms with Crippen LogP contribution in [0.15, 0.2) is 0 Å². The van der Waals surface area contributed by atoms with E-state index >= 15 is 0 Å². The summed E-state index contributed by atoms with van der Waals surface area (Å²) in [4.78, 5) is 24.7. The van der Waals surface area contributed by atoms with Gasteiger partial charge in [0, 0.05) is 38.5 Å². The van der Waals surface area contributed by atoms with Crippen molar-refractivity contribution in [1.82, 2.24) is 20.6 Å². The smallest absolute Gasteiger partial charge is 0.302 e. The molecule has 1 aromatic heterocycles. The van der Waals surface area contributed by atoms with Crippen LogP contribution < -0.4 is 0 Å². The number of nitrogens with one attached hydrogen (secondary N) is 1. The number of aliphatic hydroxyl groups excluding tert-OH is 1. The number of aromatic amines is 1. The number of rotatable bonds is 9. The second-order valence-electron chi connectivity index (χ2n) is 25.2. The summed E-state index contributed by atoms with van der Waals surface area (Å²) < 4.78 is 12.6. The predicted molar refractivity (Wildman–Crippen MR) is 266 cm³/mol. The molecule has 9 rings (SSSR count). The molecule has 2 N–H and O–H groups in total. The first-order chi connectivity index (χ1) is 30.9. The van der Waals surface area contributed by atoms with Gasteiger partial charge in [-0.1, -0.05) is 88.8 Å². The van der Waals surface area contributed by atoms with Crippen molar-refractivity contribution in [2.75, 3.05) is 0 Å². The first kappa shape index (κ1) is 53.8. The van der Waals surface area contributed by atoms with Crippen molar-refractivity contribution in [3.8, 4) is 6.07 Å². The second kappa shape index (κ2) is 20.7. The Labute approximate surface area is 407 Å². The predicted octanol–water partition coefficient (Wildman–Crippen LogP) is 12.9. The zero-order valence-corrected chi connectivity index (χ0v) is 42.5. The highest BCUT2D eigenvalue weighted by Crippen LogP contribution is 2.72. The number of hydrogen-bond donors (Lipinski definition) is 2. The van der Waals surface area contributed by atoms with Crippen LogP contribution >= 0.6 is 0 Å². The van der Waals surface area contributed by atoms with Crippen molar-refractivity contribution in [3.05, 3.63) is 5.82 Å². The zero-order valence-electron chi connectivity index (χ0n) is 42.5. The molecule has 0 radical (unpaired) electrons. The van der Waals surface area contributed by atoms with E-state index in [1.54, 1.807) is 13.8 Å². The molecule has 10 heteroatoms. The second-order valence-corrected chi connectivity index (χ2v) is 25.2. The highest BCUT2D eigenvalue weighted by molar-refractivity contribution is 5.66. The maximum Gasteiger partial charge on any atom is 0.302 e. The van der Waals surface area contributed by atoms with Crippen LogP contribution in [0.1, 0.15) is 206 Å². The highest BCUT2D eigenvalue weighted by atomic mass is 16.5. The first-order valence-corrected chi connectivity index (χ1v) is 27.0. The Kier molecular flexibility index (Phi) is 16.6. The molecule has 0 amide bonds. The van der Waals surface area contributed by atoms with E-state index < -0.39 is 0 Å². The number of aliphatic hydroxyl groups is 1. The Hall–Kier alpha value is -2.54. The monoisotopic (exact) mass is 932 g/mol. The van der Waals surface area contributed by atoms with Gasteiger partial charge < -0.3 is 14.6 Å². The van der Waals surface area contributed by atoms with E-state index in [0.717, 1.165) is 50.3 Å². The molecule has 8 fully saturated rings. The molecule has 380 valence electrons. The van der Waals surface area contributed by atoms with Gasteiger partial charge in [-0.05, 0) is 195 Å². The SMILES string of the molecule is C.C.CC[C@H]1[C@@H](OC(C)=O)[C@@H]2[C@H](CC[C@]3(C)[C@@H]([C@H](C)CC#N)CC[C@@H]23)[C@@]2(C)CC[C@@H](C)C[C@@H]12.CC[C@H]1[C@@H](OC(C)=O)[C@@H]2[C@H](CC[C@]3(C)[C@@H]([C@H](C)Cc4nn[nH]n4)CC[C@@H]23)[C@@]2(C)CC[C@@H](O)C[C@@H]12. The standard InChI is InChI=1S/C28H45NO2.C27H44N4O3.2CH4/c1-7-20-24-16-17(2)10-13-28(24,6)23-11-14-27(5)21(18(3)12-15-29)8-9-22(27)25(23)26(20)31-19(4)30;1-6-18-22-14-17(33)9-11-27(22,5)21-10-12-26(4)19(15(2)13-23-28-30-31-29-23)7-8-20(26)24(21)25(18)34-16(3)32;;/h17-18,20-26H,7-14,16H2,1-6H3;15,17-22,24-25,33H,6-14H2,1-5H3,(H,28,29,30,31);2*1H4/t17-,18-,20-,21-,22+,23+,24+,25+,26-,27-,28-;15-,17-,18-,19-,20+,21+,22+,24+,25-,26-,27-;;/m11../s1. The van der Waals surface area contributed by atoms with E-state index in [1.807, 2.05) is 0 Å². The van der Waals surface area contributed by atoms with Crippen LogP contribution in [0, 0.1) is 122 Å². The molecule has 0 aromatic carbocycles. The van der Waals surface area contributed by atoms with Crippen molar-refractivity contribution in [3.63, 3.8) is 0 Å². The number of carbonyl (C=O) groups is 2. The third-order valence-corrected chi connectivity index (χ3v) is 22.4. The van der Waals surface area contributed by atoms with Crippen molar-refractivity contribution < 1.29 is 24.2 Å². The summed E-state index contributed by atoms with van der Waals surface area (Å²) in [7, 11) is 0. The molecule has 10 nitrogen and oxygen atoms in total. The summed E-state index contributed by atoms with van der Waals surface area (Å²) in [5.74, 6) is 8.92. The topological polar surface area (TPSA) is 151 Å². The fourth-order valence-electron chi connectivity index (χ4n) is 19.7. The molecule has 8 saturated carbocycles. The lowest BCUT2D eigenvalue weighted by Crippen LogP contribution is -2.63. The lowest BCUT2D eigenvalue weighted by molar-refractivity contribution is -0.217. The minimum absolute atomic E-state index is 0. The normalized spacial score (nSPS) is 46.8. The van der Waals surface area contributed by atoms with Crippen molar-refractivity contribution in [2.45, 2.75) is 225 Å². The summed E-state index contributed by atoms with van der Waals surface area (Å²) in [6.45, 7) is 25.1. The number of nitrogens with zero attached hydrogens (tertiary/aromatic N) is 4. The summed E-state index contributed by atoms with van der Waals surface area (Å²) in [5.41, 5.74) is 1.17. The number of tetrazole rings is 1. The quantitative estimate of drug-likeness (QED) is 0.231. The Morgan fingerprint density at radius 2 is 1.16 bits per heavy atom. The van der Waals surface area contributed by atoms with E-state index in [0.29, 0.717) is 100 Å². The molecule has 1 aromatic rings. The molecular formula is C57H97N5O5. The fourth-order valence-corrected chi connectivity index (χ4v) is 19.7. The van der Waals surface area contributed by atoms with Gasteiger partial charge in [-0.25, -0.2) is 0 Å². The maximum atomic E-state index is 12.4. The van der Waals surface area contributed by atoms with Crippen LogP contribution in [0.4, 0.5) is 0 Å². The van der Waals surface area contributed by atoms with Crippen molar-refractivity contribution in [2.24, 2.45) is 110 Å². The molecule has 22 atom stereocenters. The lowest BCUT2D eigenvalue weighted by Gasteiger charge is -2.65. The third-order valence-electron chi connectivity index (χ3n) is 22.4. The van der Waals surface area contributed by atoms with Gasteiger partial charge in [0.1, 0.15) is 12.2 Å². The Morgan fingerprint density at radius 1 is 0.701 bits per heavy atom. The molecule has 8 aliphatic carbocycles. The average Bonchev–Trinajstić information content (AvgIpc) is 3.99. The van der Waals surface area contributed by atoms with Crippen LogP contribution in [0.3, 0.4) is 0 Å². The van der Waals surface area contributed by atoms with Crippen LogP contribution in [-0.2, 0) is 25.5 Å². The molecule has 0 bridgehead atoms. The molecule has 0 aliphatic heterocycles. The number of fused-ring (bicyclic) bond motifs is 10. The van der Waals surface area contributed by atoms with Crippen LogP contribution in [0.2, 0.25) is 0 Å². The van der Waals surface area contributed by atoms with Gasteiger partial charge in [0.25, 0.3) is 0 Å². The van der Waals surface area contributed by atoms with E-state index in [1.165, 1.54) is 70.6 Å². The first-order valence-electron chi connectivity index (χ1n) is 27.0.